The molecule has 3 aromatic carbocycles. The Balaban J connectivity index is 1.57. The van der Waals surface area contributed by atoms with Crippen LogP contribution in [0.15, 0.2) is 71.7 Å². The van der Waals surface area contributed by atoms with Gasteiger partial charge in [-0.1, -0.05) is 18.2 Å². The van der Waals surface area contributed by atoms with Crippen LogP contribution in [0.2, 0.25) is 0 Å². The third-order valence-electron chi connectivity index (χ3n) is 6.53. The van der Waals surface area contributed by atoms with Gasteiger partial charge in [-0.3, -0.25) is 9.36 Å². The van der Waals surface area contributed by atoms with Crippen LogP contribution in [0.25, 0.3) is 27.6 Å². The van der Waals surface area contributed by atoms with E-state index in [1.54, 1.807) is 28.8 Å². The molecule has 1 fully saturated rings. The molecule has 4 aromatic rings. The van der Waals surface area contributed by atoms with Crippen LogP contribution in [-0.4, -0.2) is 29.9 Å². The van der Waals surface area contributed by atoms with Crippen molar-refractivity contribution in [3.63, 3.8) is 0 Å². The van der Waals surface area contributed by atoms with Gasteiger partial charge < -0.3 is 9.64 Å². The van der Waals surface area contributed by atoms with Crippen molar-refractivity contribution >= 4 is 16.5 Å². The first-order valence-electron chi connectivity index (χ1n) is 11.7. The first-order chi connectivity index (χ1) is 16.9. The summed E-state index contributed by atoms with van der Waals surface area (Å²) in [5.74, 6) is -0.484. The maximum atomic E-state index is 14.8. The van der Waals surface area contributed by atoms with Crippen molar-refractivity contribution in [2.45, 2.75) is 33.0 Å². The summed E-state index contributed by atoms with van der Waals surface area (Å²) < 4.78 is 22.3. The average molecular weight is 468 g/mol. The molecule has 2 atom stereocenters. The maximum absolute atomic E-state index is 14.8. The number of morpholine rings is 1. The zero-order chi connectivity index (χ0) is 24.7. The lowest BCUT2D eigenvalue weighted by Gasteiger charge is -2.36. The van der Waals surface area contributed by atoms with E-state index in [1.807, 2.05) is 49.5 Å². The molecule has 176 valence electrons. The average Bonchev–Trinajstić information content (AvgIpc) is 2.85. The first-order valence-corrected chi connectivity index (χ1v) is 11.7. The first kappa shape index (κ1) is 22.8. The Kier molecular flexibility index (Phi) is 5.88. The van der Waals surface area contributed by atoms with Crippen molar-refractivity contribution in [2.24, 2.45) is 0 Å². The highest BCUT2D eigenvalue weighted by atomic mass is 19.1. The lowest BCUT2D eigenvalue weighted by atomic mass is 9.95. The van der Waals surface area contributed by atoms with Gasteiger partial charge >= 0.3 is 0 Å². The van der Waals surface area contributed by atoms with Crippen LogP contribution in [-0.2, 0) is 4.74 Å². The fourth-order valence-corrected chi connectivity index (χ4v) is 5.03. The van der Waals surface area contributed by atoms with Crippen molar-refractivity contribution < 1.29 is 9.13 Å². The van der Waals surface area contributed by atoms with Gasteiger partial charge in [-0.15, -0.1) is 0 Å². The summed E-state index contributed by atoms with van der Waals surface area (Å²) in [6, 6.07) is 19.7. The molecule has 35 heavy (non-hydrogen) atoms. The van der Waals surface area contributed by atoms with Gasteiger partial charge in [0.05, 0.1) is 23.8 Å². The molecule has 1 saturated heterocycles. The number of halogens is 1. The Labute approximate surface area is 203 Å². The van der Waals surface area contributed by atoms with E-state index in [0.717, 1.165) is 30.0 Å². The van der Waals surface area contributed by atoms with Crippen LogP contribution < -0.4 is 10.5 Å². The number of nitrogens with zero attached hydrogens (tertiary/aromatic N) is 3. The van der Waals surface area contributed by atoms with Gasteiger partial charge in [0.15, 0.2) is 0 Å². The van der Waals surface area contributed by atoms with E-state index < -0.39 is 5.82 Å². The fraction of sp³-hybridized carbons (Fsp3) is 0.241. The predicted octanol–water partition coefficient (Wildman–Crippen LogP) is 5.59. The Morgan fingerprint density at radius 3 is 2.31 bits per heavy atom. The molecule has 1 aliphatic heterocycles. The fourth-order valence-electron chi connectivity index (χ4n) is 5.03. The summed E-state index contributed by atoms with van der Waals surface area (Å²) in [6.07, 6.45) is 2.14. The van der Waals surface area contributed by atoms with Gasteiger partial charge in [0.2, 0.25) is 0 Å². The van der Waals surface area contributed by atoms with Crippen LogP contribution in [0.1, 0.15) is 25.0 Å². The number of rotatable bonds is 3. The van der Waals surface area contributed by atoms with Gasteiger partial charge in [0, 0.05) is 41.6 Å². The van der Waals surface area contributed by atoms with Crippen LogP contribution in [0.3, 0.4) is 0 Å². The molecule has 1 aliphatic rings. The minimum atomic E-state index is -0.484. The highest BCUT2D eigenvalue weighted by Crippen LogP contribution is 2.32. The topological polar surface area (TPSA) is 58.3 Å². The minimum absolute atomic E-state index is 0.164. The van der Waals surface area contributed by atoms with E-state index in [9.17, 15) is 9.18 Å². The third kappa shape index (κ3) is 4.20. The van der Waals surface area contributed by atoms with Crippen LogP contribution >= 0.6 is 0 Å². The number of aromatic nitrogens is 1. The lowest BCUT2D eigenvalue weighted by Crippen LogP contribution is -2.45. The van der Waals surface area contributed by atoms with Gasteiger partial charge in [-0.25, -0.2) is 4.39 Å². The Morgan fingerprint density at radius 1 is 0.971 bits per heavy atom. The van der Waals surface area contributed by atoms with Crippen molar-refractivity contribution in [1.82, 2.24) is 4.57 Å². The molecule has 2 heterocycles. The number of ether oxygens (including phenoxy) is 1. The number of nitriles is 1. The van der Waals surface area contributed by atoms with Crippen LogP contribution in [0.4, 0.5) is 10.1 Å². The van der Waals surface area contributed by atoms with Gasteiger partial charge in [-0.2, -0.15) is 5.26 Å². The highest BCUT2D eigenvalue weighted by Gasteiger charge is 2.22. The Bertz CT molecular complexity index is 1510. The number of hydrogen-bond donors (Lipinski definition) is 0. The summed E-state index contributed by atoms with van der Waals surface area (Å²) in [7, 11) is 0. The van der Waals surface area contributed by atoms with Crippen LogP contribution in [0.5, 0.6) is 0 Å². The monoisotopic (exact) mass is 467 g/mol. The van der Waals surface area contributed by atoms with E-state index in [0.29, 0.717) is 21.9 Å². The van der Waals surface area contributed by atoms with Crippen LogP contribution in [0, 0.1) is 24.1 Å². The number of anilines is 1. The van der Waals surface area contributed by atoms with E-state index in [1.165, 1.54) is 6.07 Å². The van der Waals surface area contributed by atoms with Crippen molar-refractivity contribution in [3.05, 3.63) is 94.2 Å². The number of fused-ring (bicyclic) bond motifs is 1. The zero-order valence-electron chi connectivity index (χ0n) is 20.0. The second-order valence-corrected chi connectivity index (χ2v) is 9.20. The third-order valence-corrected chi connectivity index (χ3v) is 6.53. The number of hydrogen-bond acceptors (Lipinski definition) is 4. The van der Waals surface area contributed by atoms with Gasteiger partial charge in [0.1, 0.15) is 5.82 Å². The molecule has 2 unspecified atom stereocenters. The van der Waals surface area contributed by atoms with Gasteiger partial charge in [-0.05, 0) is 79.7 Å². The molecule has 6 heteroatoms. The second-order valence-electron chi connectivity index (χ2n) is 9.20. The summed E-state index contributed by atoms with van der Waals surface area (Å²) in [5, 5.41) is 10.3. The Morgan fingerprint density at radius 2 is 1.66 bits per heavy atom. The second kappa shape index (κ2) is 9.01. The van der Waals surface area contributed by atoms with Crippen molar-refractivity contribution in [1.29, 1.82) is 5.26 Å². The summed E-state index contributed by atoms with van der Waals surface area (Å²) in [5.41, 5.74) is 3.83. The van der Waals surface area contributed by atoms with E-state index in [2.05, 4.69) is 18.7 Å². The standard InChI is InChI=1S/C29H26FN3O2/c1-18-15-33(23-10-8-22(9-11-23)32-16-19(2)35-20(3)17-32)29(34)26-6-4-5-25(28(18)26)24-12-7-21(14-31)13-27(24)30/h4-13,15,19-20H,16-17H2,1-3H3. The molecular formula is C29H26FN3O2. The van der Waals surface area contributed by atoms with E-state index in [4.69, 9.17) is 10.00 Å². The number of benzene rings is 3. The largest absolute Gasteiger partial charge is 0.372 e. The molecule has 0 bridgehead atoms. The lowest BCUT2D eigenvalue weighted by molar-refractivity contribution is -0.00521. The normalized spacial score (nSPS) is 18.0. The summed E-state index contributed by atoms with van der Waals surface area (Å²) >= 11 is 0. The smallest absolute Gasteiger partial charge is 0.262 e. The SMILES string of the molecule is Cc1cn(-c2ccc(N3CC(C)OC(C)C3)cc2)c(=O)c2cccc(-c3ccc(C#N)cc3F)c12. The van der Waals surface area contributed by atoms with E-state index in [-0.39, 0.29) is 23.3 Å². The maximum Gasteiger partial charge on any atom is 0.262 e. The molecule has 5 rings (SSSR count). The molecule has 0 saturated carbocycles. The molecular weight excluding hydrogens is 441 g/mol. The molecule has 0 N–H and O–H groups in total. The Hall–Kier alpha value is -3.95. The minimum Gasteiger partial charge on any atom is -0.372 e. The zero-order valence-corrected chi connectivity index (χ0v) is 20.0. The molecule has 5 nitrogen and oxygen atoms in total. The van der Waals surface area contributed by atoms with Crippen molar-refractivity contribution in [3.8, 4) is 22.9 Å². The number of aryl methyl sites for hydroxylation is 1. The van der Waals surface area contributed by atoms with E-state index >= 15 is 0 Å². The summed E-state index contributed by atoms with van der Waals surface area (Å²) in [6.45, 7) is 7.73. The molecule has 0 radical (unpaired) electrons. The molecule has 0 aliphatic carbocycles. The molecule has 1 aromatic heterocycles. The predicted molar refractivity (Wildman–Crippen MR) is 137 cm³/mol. The van der Waals surface area contributed by atoms with Crippen molar-refractivity contribution in [2.75, 3.05) is 18.0 Å². The molecule has 0 amide bonds. The number of pyridine rings is 1. The molecule has 0 spiro atoms. The summed E-state index contributed by atoms with van der Waals surface area (Å²) in [4.78, 5) is 15.8. The van der Waals surface area contributed by atoms with Gasteiger partial charge in [0.25, 0.3) is 5.56 Å². The quantitative estimate of drug-likeness (QED) is 0.394. The highest BCUT2D eigenvalue weighted by molar-refractivity contribution is 5.98.